The van der Waals surface area contributed by atoms with E-state index in [2.05, 4.69) is 28.7 Å². The van der Waals surface area contributed by atoms with Gasteiger partial charge < -0.3 is 4.90 Å². The number of aromatic nitrogens is 2. The highest BCUT2D eigenvalue weighted by Gasteiger charge is 2.29. The number of fused-ring (bicyclic) bond motifs is 1. The molecule has 1 aliphatic rings. The van der Waals surface area contributed by atoms with Gasteiger partial charge in [-0.05, 0) is 52.0 Å². The van der Waals surface area contributed by atoms with Gasteiger partial charge in [0.1, 0.15) is 10.7 Å². The summed E-state index contributed by atoms with van der Waals surface area (Å²) in [5.41, 5.74) is 2.01. The summed E-state index contributed by atoms with van der Waals surface area (Å²) in [6, 6.07) is 0.311. The third-order valence-electron chi connectivity index (χ3n) is 4.90. The number of carbonyl (C=O) groups is 1. The molecule has 1 saturated heterocycles. The first-order valence-electron chi connectivity index (χ1n) is 8.43. The van der Waals surface area contributed by atoms with Gasteiger partial charge in [-0.2, -0.15) is 0 Å². The van der Waals surface area contributed by atoms with E-state index in [1.165, 1.54) is 24.2 Å². The lowest BCUT2D eigenvalue weighted by Gasteiger charge is -2.28. The lowest BCUT2D eigenvalue weighted by atomic mass is 10.1. The summed E-state index contributed by atoms with van der Waals surface area (Å²) >= 11 is 1.52. The summed E-state index contributed by atoms with van der Waals surface area (Å²) < 4.78 is 0. The molecule has 1 fully saturated rings. The predicted octanol–water partition coefficient (Wildman–Crippen LogP) is 4.27. The minimum atomic E-state index is 0.170. The lowest BCUT2D eigenvalue weighted by Crippen LogP contribution is -2.39. The Kier molecular flexibility index (Phi) is 4.41. The molecule has 1 amide bonds. The molecule has 0 N–H and O–H groups in total. The molecule has 0 aromatic carbocycles. The number of hydrogen-bond donors (Lipinski definition) is 0. The summed E-state index contributed by atoms with van der Waals surface area (Å²) in [6.45, 7) is 11.2. The van der Waals surface area contributed by atoms with E-state index in [9.17, 15) is 4.79 Å². The Hall–Kier alpha value is -1.49. The first kappa shape index (κ1) is 16.4. The van der Waals surface area contributed by atoms with Crippen LogP contribution in [-0.2, 0) is 0 Å². The van der Waals surface area contributed by atoms with E-state index in [-0.39, 0.29) is 5.91 Å². The van der Waals surface area contributed by atoms with Gasteiger partial charge in [0.05, 0.1) is 4.88 Å². The van der Waals surface area contributed by atoms with Gasteiger partial charge in [-0.15, -0.1) is 11.3 Å². The molecule has 0 unspecified atom stereocenters. The Morgan fingerprint density at radius 1 is 1.17 bits per heavy atom. The van der Waals surface area contributed by atoms with Crippen LogP contribution in [0.2, 0.25) is 0 Å². The van der Waals surface area contributed by atoms with E-state index in [1.54, 1.807) is 0 Å². The molecule has 2 atom stereocenters. The molecule has 0 radical (unpaired) electrons. The van der Waals surface area contributed by atoms with Crippen molar-refractivity contribution in [1.29, 1.82) is 0 Å². The fraction of sp³-hybridized carbons (Fsp3) is 0.611. The third kappa shape index (κ3) is 2.99. The van der Waals surface area contributed by atoms with Crippen LogP contribution in [0.5, 0.6) is 0 Å². The number of likely N-dealkylation sites (tertiary alicyclic amines) is 1. The number of thiophene rings is 1. The van der Waals surface area contributed by atoms with E-state index in [4.69, 9.17) is 0 Å². The first-order chi connectivity index (χ1) is 10.9. The highest BCUT2D eigenvalue weighted by Crippen LogP contribution is 2.33. The molecule has 0 spiro atoms. The molecule has 3 heterocycles. The molecule has 0 bridgehead atoms. The molecule has 5 heteroatoms. The SMILES string of the molecule is Cc1nc(C)c2c(C)c(C(=O)N3C[C@@H](C)CCC[C@H]3C)sc2n1. The maximum absolute atomic E-state index is 13.2. The lowest BCUT2D eigenvalue weighted by molar-refractivity contribution is 0.0682. The molecular weight excluding hydrogens is 306 g/mol. The van der Waals surface area contributed by atoms with E-state index in [0.29, 0.717) is 12.0 Å². The largest absolute Gasteiger partial charge is 0.335 e. The van der Waals surface area contributed by atoms with Gasteiger partial charge in [0, 0.05) is 23.7 Å². The topological polar surface area (TPSA) is 46.1 Å². The maximum atomic E-state index is 13.2. The van der Waals surface area contributed by atoms with Crippen molar-refractivity contribution in [1.82, 2.24) is 14.9 Å². The molecule has 124 valence electrons. The van der Waals surface area contributed by atoms with Gasteiger partial charge in [0.15, 0.2) is 0 Å². The van der Waals surface area contributed by atoms with Crippen LogP contribution in [0, 0.1) is 26.7 Å². The number of rotatable bonds is 1. The van der Waals surface area contributed by atoms with Gasteiger partial charge in [0.2, 0.25) is 0 Å². The Morgan fingerprint density at radius 2 is 1.91 bits per heavy atom. The Bertz CT molecular complexity index is 752. The molecule has 1 aliphatic heterocycles. The standard InChI is InChI=1S/C18H25N3OS/c1-10-7-6-8-11(2)21(9-10)18(22)16-12(3)15-13(4)19-14(5)20-17(15)23-16/h10-11H,6-9H2,1-5H3/t10-,11+/m0/s1. The van der Waals surface area contributed by atoms with Gasteiger partial charge >= 0.3 is 0 Å². The van der Waals surface area contributed by atoms with Gasteiger partial charge in [-0.3, -0.25) is 4.79 Å². The van der Waals surface area contributed by atoms with E-state index < -0.39 is 0 Å². The van der Waals surface area contributed by atoms with E-state index in [1.807, 2.05) is 20.8 Å². The van der Waals surface area contributed by atoms with E-state index >= 15 is 0 Å². The van der Waals surface area contributed by atoms with Crippen LogP contribution >= 0.6 is 11.3 Å². The van der Waals surface area contributed by atoms with Crippen molar-refractivity contribution in [2.45, 2.75) is 59.9 Å². The van der Waals surface area contributed by atoms with Gasteiger partial charge in [-0.1, -0.05) is 13.3 Å². The first-order valence-corrected chi connectivity index (χ1v) is 9.25. The number of carbonyl (C=O) groups excluding carboxylic acids is 1. The maximum Gasteiger partial charge on any atom is 0.264 e. The van der Waals surface area contributed by atoms with Gasteiger partial charge in [-0.25, -0.2) is 9.97 Å². The highest BCUT2D eigenvalue weighted by atomic mass is 32.1. The molecule has 0 aliphatic carbocycles. The quantitative estimate of drug-likeness (QED) is 0.784. The Labute approximate surface area is 141 Å². The summed E-state index contributed by atoms with van der Waals surface area (Å²) in [5.74, 6) is 1.51. The molecule has 3 rings (SSSR count). The van der Waals surface area contributed by atoms with Crippen molar-refractivity contribution in [3.63, 3.8) is 0 Å². The normalized spacial score (nSPS) is 22.4. The number of hydrogen-bond acceptors (Lipinski definition) is 4. The fourth-order valence-electron chi connectivity index (χ4n) is 3.62. The average Bonchev–Trinajstić information content (AvgIpc) is 2.70. The molecule has 2 aromatic rings. The molecule has 0 saturated carbocycles. The minimum absolute atomic E-state index is 0.170. The monoisotopic (exact) mass is 331 g/mol. The number of amides is 1. The Morgan fingerprint density at radius 3 is 2.65 bits per heavy atom. The number of nitrogens with zero attached hydrogens (tertiary/aromatic N) is 3. The van der Waals surface area contributed by atoms with Crippen LogP contribution < -0.4 is 0 Å². The molecule has 4 nitrogen and oxygen atoms in total. The zero-order chi connectivity index (χ0) is 16.7. The highest BCUT2D eigenvalue weighted by molar-refractivity contribution is 7.20. The van der Waals surface area contributed by atoms with Crippen molar-refractivity contribution < 1.29 is 4.79 Å². The third-order valence-corrected chi connectivity index (χ3v) is 6.07. The second-order valence-electron chi connectivity index (χ2n) is 6.94. The summed E-state index contributed by atoms with van der Waals surface area (Å²) in [4.78, 5) is 26.0. The van der Waals surface area contributed by atoms with Crippen LogP contribution in [0.3, 0.4) is 0 Å². The van der Waals surface area contributed by atoms with E-state index in [0.717, 1.165) is 45.1 Å². The Balaban J connectivity index is 2.03. The van der Waals surface area contributed by atoms with Crippen LogP contribution in [0.25, 0.3) is 10.2 Å². The minimum Gasteiger partial charge on any atom is -0.335 e. The summed E-state index contributed by atoms with van der Waals surface area (Å²) in [5, 5.41) is 1.06. The van der Waals surface area contributed by atoms with Crippen LogP contribution in [0.15, 0.2) is 0 Å². The molecule has 23 heavy (non-hydrogen) atoms. The molecular formula is C18H25N3OS. The zero-order valence-corrected chi connectivity index (χ0v) is 15.5. The average molecular weight is 331 g/mol. The van der Waals surface area contributed by atoms with Crippen molar-refractivity contribution >= 4 is 27.5 Å². The molecule has 2 aromatic heterocycles. The summed E-state index contributed by atoms with van der Waals surface area (Å²) in [7, 11) is 0. The van der Waals surface area contributed by atoms with Crippen LogP contribution in [0.4, 0.5) is 0 Å². The van der Waals surface area contributed by atoms with Crippen LogP contribution in [0.1, 0.15) is 59.9 Å². The van der Waals surface area contributed by atoms with Crippen molar-refractivity contribution in [3.05, 3.63) is 22.0 Å². The van der Waals surface area contributed by atoms with Gasteiger partial charge in [0.25, 0.3) is 5.91 Å². The summed E-state index contributed by atoms with van der Waals surface area (Å²) in [6.07, 6.45) is 3.52. The smallest absolute Gasteiger partial charge is 0.264 e. The zero-order valence-electron chi connectivity index (χ0n) is 14.6. The van der Waals surface area contributed by atoms with Crippen molar-refractivity contribution in [3.8, 4) is 0 Å². The second kappa shape index (κ2) is 6.19. The van der Waals surface area contributed by atoms with Crippen molar-refractivity contribution in [2.24, 2.45) is 5.92 Å². The van der Waals surface area contributed by atoms with Crippen LogP contribution in [-0.4, -0.2) is 33.4 Å². The predicted molar refractivity (Wildman–Crippen MR) is 95.1 cm³/mol. The number of aryl methyl sites for hydroxylation is 3. The van der Waals surface area contributed by atoms with Crippen molar-refractivity contribution in [2.75, 3.05) is 6.54 Å². The fourth-order valence-corrected chi connectivity index (χ4v) is 4.85. The second-order valence-corrected chi connectivity index (χ2v) is 7.93.